The Labute approximate surface area is 83.2 Å². The van der Waals surface area contributed by atoms with Crippen LogP contribution in [0.4, 0.5) is 11.4 Å². The van der Waals surface area contributed by atoms with Crippen LogP contribution in [0.25, 0.3) is 0 Å². The molecule has 0 atom stereocenters. The fourth-order valence-electron chi connectivity index (χ4n) is 0.988. The molecule has 2 nitrogen and oxygen atoms in total. The highest BCUT2D eigenvalue weighted by Crippen LogP contribution is 2.31. The van der Waals surface area contributed by atoms with Gasteiger partial charge in [-0.05, 0) is 24.1 Å². The maximum Gasteiger partial charge on any atom is 0.0712 e. The molecule has 0 fully saturated rings. The topological polar surface area (TPSA) is 52.0 Å². The van der Waals surface area contributed by atoms with Crippen molar-refractivity contribution in [2.75, 3.05) is 11.5 Å². The molecule has 0 heterocycles. The standard InChI is InChI=1S/C8H12N2S2/c1-4-2-5(8(11)12)7(10)3-6(4)9/h2-3,8,11-12H,9-10H2,1H3. The van der Waals surface area contributed by atoms with Crippen LogP contribution in [0.3, 0.4) is 0 Å². The molecule has 66 valence electrons. The van der Waals surface area contributed by atoms with Crippen molar-refractivity contribution in [2.24, 2.45) is 0 Å². The summed E-state index contributed by atoms with van der Waals surface area (Å²) in [6, 6.07) is 3.65. The van der Waals surface area contributed by atoms with Gasteiger partial charge in [-0.2, -0.15) is 25.3 Å². The molecule has 4 heteroatoms. The van der Waals surface area contributed by atoms with Crippen molar-refractivity contribution in [2.45, 2.75) is 11.5 Å². The summed E-state index contributed by atoms with van der Waals surface area (Å²) in [7, 11) is 0. The van der Waals surface area contributed by atoms with Crippen molar-refractivity contribution in [3.63, 3.8) is 0 Å². The first kappa shape index (κ1) is 9.61. The first-order valence-electron chi connectivity index (χ1n) is 3.54. The monoisotopic (exact) mass is 200 g/mol. The van der Waals surface area contributed by atoms with E-state index in [9.17, 15) is 0 Å². The third kappa shape index (κ3) is 1.81. The van der Waals surface area contributed by atoms with Gasteiger partial charge in [0.25, 0.3) is 0 Å². The summed E-state index contributed by atoms with van der Waals surface area (Å²) in [5.74, 6) is 0. The highest BCUT2D eigenvalue weighted by Gasteiger charge is 2.07. The van der Waals surface area contributed by atoms with Gasteiger partial charge in [-0.15, -0.1) is 0 Å². The summed E-state index contributed by atoms with van der Waals surface area (Å²) in [4.78, 5) is 0. The molecular formula is C8H12N2S2. The second-order valence-electron chi connectivity index (χ2n) is 2.71. The molecule has 0 bridgehead atoms. The van der Waals surface area contributed by atoms with Crippen LogP contribution in [0.15, 0.2) is 12.1 Å². The minimum absolute atomic E-state index is 0.149. The first-order chi connectivity index (χ1) is 5.52. The third-order valence-corrected chi connectivity index (χ3v) is 2.31. The number of hydrogen-bond acceptors (Lipinski definition) is 4. The van der Waals surface area contributed by atoms with Crippen LogP contribution in [0.1, 0.15) is 15.7 Å². The van der Waals surface area contributed by atoms with E-state index in [2.05, 4.69) is 25.3 Å². The molecule has 0 aliphatic rings. The summed E-state index contributed by atoms with van der Waals surface area (Å²) >= 11 is 8.36. The van der Waals surface area contributed by atoms with E-state index in [1.807, 2.05) is 13.0 Å². The van der Waals surface area contributed by atoms with E-state index in [0.717, 1.165) is 11.1 Å². The number of thiol groups is 2. The SMILES string of the molecule is Cc1cc(C(S)S)c(N)cc1N. The van der Waals surface area contributed by atoms with Crippen LogP contribution < -0.4 is 11.5 Å². The summed E-state index contributed by atoms with van der Waals surface area (Å²) < 4.78 is -0.149. The average molecular weight is 200 g/mol. The van der Waals surface area contributed by atoms with Gasteiger partial charge in [-0.1, -0.05) is 6.07 Å². The number of hydrogen-bond donors (Lipinski definition) is 4. The van der Waals surface area contributed by atoms with Crippen molar-refractivity contribution < 1.29 is 0 Å². The molecule has 4 N–H and O–H groups in total. The van der Waals surface area contributed by atoms with Crippen molar-refractivity contribution in [3.8, 4) is 0 Å². The number of benzene rings is 1. The van der Waals surface area contributed by atoms with Crippen LogP contribution >= 0.6 is 25.3 Å². The van der Waals surface area contributed by atoms with Gasteiger partial charge in [0.15, 0.2) is 0 Å². The highest BCUT2D eigenvalue weighted by molar-refractivity contribution is 7.98. The fraction of sp³-hybridized carbons (Fsp3) is 0.250. The largest absolute Gasteiger partial charge is 0.398 e. The Morgan fingerprint density at radius 1 is 1.17 bits per heavy atom. The molecule has 12 heavy (non-hydrogen) atoms. The molecule has 1 rings (SSSR count). The van der Waals surface area contributed by atoms with E-state index in [1.54, 1.807) is 6.07 Å². The summed E-state index contributed by atoms with van der Waals surface area (Å²) in [6.07, 6.45) is 0. The Morgan fingerprint density at radius 2 is 1.75 bits per heavy atom. The Bertz CT molecular complexity index is 297. The van der Waals surface area contributed by atoms with E-state index in [4.69, 9.17) is 11.5 Å². The lowest BCUT2D eigenvalue weighted by molar-refractivity contribution is 1.35. The van der Waals surface area contributed by atoms with E-state index in [1.165, 1.54) is 0 Å². The van der Waals surface area contributed by atoms with E-state index in [-0.39, 0.29) is 4.58 Å². The zero-order valence-corrected chi connectivity index (χ0v) is 8.57. The Morgan fingerprint density at radius 3 is 2.25 bits per heavy atom. The molecule has 0 aromatic heterocycles. The fourth-order valence-corrected chi connectivity index (χ4v) is 1.44. The van der Waals surface area contributed by atoms with Crippen molar-refractivity contribution >= 4 is 36.6 Å². The smallest absolute Gasteiger partial charge is 0.0712 e. The van der Waals surface area contributed by atoms with Crippen molar-refractivity contribution in [3.05, 3.63) is 23.3 Å². The zero-order valence-electron chi connectivity index (χ0n) is 6.78. The zero-order chi connectivity index (χ0) is 9.30. The molecule has 0 aliphatic heterocycles. The molecule has 0 radical (unpaired) electrons. The number of nitrogen functional groups attached to an aromatic ring is 2. The molecule has 0 spiro atoms. The minimum atomic E-state index is -0.149. The number of nitrogens with two attached hydrogens (primary N) is 2. The predicted molar refractivity (Wildman–Crippen MR) is 60.7 cm³/mol. The van der Waals surface area contributed by atoms with E-state index < -0.39 is 0 Å². The summed E-state index contributed by atoms with van der Waals surface area (Å²) in [6.45, 7) is 1.93. The molecule has 0 amide bonds. The molecule has 0 saturated carbocycles. The second-order valence-corrected chi connectivity index (χ2v) is 4.15. The van der Waals surface area contributed by atoms with Crippen LogP contribution in [0.5, 0.6) is 0 Å². The van der Waals surface area contributed by atoms with Gasteiger partial charge in [-0.3, -0.25) is 0 Å². The van der Waals surface area contributed by atoms with Gasteiger partial charge in [-0.25, -0.2) is 0 Å². The molecule has 1 aromatic carbocycles. The highest BCUT2D eigenvalue weighted by atomic mass is 32.2. The minimum Gasteiger partial charge on any atom is -0.398 e. The lowest BCUT2D eigenvalue weighted by atomic mass is 10.1. The third-order valence-electron chi connectivity index (χ3n) is 1.75. The predicted octanol–water partition coefficient (Wildman–Crippen LogP) is 2.02. The number of aryl methyl sites for hydroxylation is 1. The van der Waals surface area contributed by atoms with Gasteiger partial charge >= 0.3 is 0 Å². The number of rotatable bonds is 1. The van der Waals surface area contributed by atoms with Crippen LogP contribution in [-0.4, -0.2) is 0 Å². The van der Waals surface area contributed by atoms with Gasteiger partial charge < -0.3 is 11.5 Å². The molecule has 0 aliphatic carbocycles. The second kappa shape index (κ2) is 3.49. The normalized spacial score (nSPS) is 10.7. The summed E-state index contributed by atoms with van der Waals surface area (Å²) in [5.41, 5.74) is 14.6. The van der Waals surface area contributed by atoms with Gasteiger partial charge in [0.2, 0.25) is 0 Å². The average Bonchev–Trinajstić information content (AvgIpc) is 1.96. The Balaban J connectivity index is 3.23. The van der Waals surface area contributed by atoms with E-state index >= 15 is 0 Å². The quantitative estimate of drug-likeness (QED) is 0.318. The van der Waals surface area contributed by atoms with E-state index in [0.29, 0.717) is 11.4 Å². The Kier molecular flexibility index (Phi) is 2.80. The molecule has 0 unspecified atom stereocenters. The lowest BCUT2D eigenvalue weighted by Crippen LogP contribution is -1.98. The number of anilines is 2. The van der Waals surface area contributed by atoms with Crippen molar-refractivity contribution in [1.29, 1.82) is 0 Å². The van der Waals surface area contributed by atoms with Gasteiger partial charge in [0, 0.05) is 11.4 Å². The van der Waals surface area contributed by atoms with Crippen LogP contribution in [-0.2, 0) is 0 Å². The van der Waals surface area contributed by atoms with Crippen LogP contribution in [0.2, 0.25) is 0 Å². The lowest BCUT2D eigenvalue weighted by Gasteiger charge is -2.10. The first-order valence-corrected chi connectivity index (χ1v) is 4.57. The van der Waals surface area contributed by atoms with Crippen molar-refractivity contribution in [1.82, 2.24) is 0 Å². The maximum absolute atomic E-state index is 5.71. The molecule has 1 aromatic rings. The maximum atomic E-state index is 5.71. The molecule has 0 saturated heterocycles. The summed E-state index contributed by atoms with van der Waals surface area (Å²) in [5, 5.41) is 0. The molecular weight excluding hydrogens is 188 g/mol. The van der Waals surface area contributed by atoms with Crippen LogP contribution in [0, 0.1) is 6.92 Å². The Hall–Kier alpha value is -0.480. The van der Waals surface area contributed by atoms with Gasteiger partial charge in [0.1, 0.15) is 0 Å². The van der Waals surface area contributed by atoms with Gasteiger partial charge in [0.05, 0.1) is 4.58 Å².